The molecule has 1 unspecified atom stereocenters. The molecular weight excluding hydrogens is 212 g/mol. The summed E-state index contributed by atoms with van der Waals surface area (Å²) in [5.41, 5.74) is 0.648. The van der Waals surface area contributed by atoms with Gasteiger partial charge < -0.3 is 4.74 Å². The minimum Gasteiger partial charge on any atom is -0.462 e. The molecule has 0 aliphatic heterocycles. The molecule has 0 amide bonds. The van der Waals surface area contributed by atoms with E-state index in [1.54, 1.807) is 0 Å². The molecule has 0 aromatic heterocycles. The maximum Gasteiger partial charge on any atom is 0.317 e. The summed E-state index contributed by atoms with van der Waals surface area (Å²) in [5, 5.41) is 0. The average Bonchev–Trinajstić information content (AvgIpc) is 2.84. The Kier molecular flexibility index (Phi) is 2.76. The van der Waals surface area contributed by atoms with Crippen LogP contribution in [0.25, 0.3) is 0 Å². The average molecular weight is 232 g/mol. The van der Waals surface area contributed by atoms with Crippen LogP contribution in [-0.4, -0.2) is 12.1 Å². The van der Waals surface area contributed by atoms with Gasteiger partial charge in [0, 0.05) is 0 Å². The number of hydrogen-bond acceptors (Lipinski definition) is 2. The Morgan fingerprint density at radius 2 is 1.76 bits per heavy atom. The van der Waals surface area contributed by atoms with Gasteiger partial charge in [0.2, 0.25) is 0 Å². The van der Waals surface area contributed by atoms with Crippen LogP contribution in [0.2, 0.25) is 0 Å². The van der Waals surface area contributed by atoms with Gasteiger partial charge in [0.1, 0.15) is 0 Å². The van der Waals surface area contributed by atoms with Crippen LogP contribution in [0.4, 0.5) is 0 Å². The number of ether oxygens (including phenoxy) is 1. The highest BCUT2D eigenvalue weighted by molar-refractivity contribution is 5.88. The van der Waals surface area contributed by atoms with Crippen LogP contribution in [0.15, 0.2) is 30.3 Å². The third-order valence-electron chi connectivity index (χ3n) is 3.70. The second kappa shape index (κ2) is 3.86. The van der Waals surface area contributed by atoms with Crippen molar-refractivity contribution < 1.29 is 9.53 Å². The van der Waals surface area contributed by atoms with E-state index in [9.17, 15) is 4.79 Å². The summed E-state index contributed by atoms with van der Waals surface area (Å²) in [7, 11) is 0. The van der Waals surface area contributed by atoms with Crippen molar-refractivity contribution in [1.29, 1.82) is 0 Å². The SMILES string of the molecule is CC(C)OC(=O)C1(c2ccccc2)CC1(C)C. The molecule has 1 saturated carbocycles. The number of esters is 1. The highest BCUT2D eigenvalue weighted by Gasteiger charge is 2.68. The molecule has 1 fully saturated rings. The van der Waals surface area contributed by atoms with E-state index in [0.29, 0.717) is 0 Å². The van der Waals surface area contributed by atoms with Crippen LogP contribution in [-0.2, 0) is 14.9 Å². The molecule has 2 rings (SSSR count). The van der Waals surface area contributed by atoms with Crippen molar-refractivity contribution in [3.8, 4) is 0 Å². The third kappa shape index (κ3) is 1.86. The molecule has 92 valence electrons. The van der Waals surface area contributed by atoms with Crippen molar-refractivity contribution in [2.45, 2.75) is 45.6 Å². The third-order valence-corrected chi connectivity index (χ3v) is 3.70. The quantitative estimate of drug-likeness (QED) is 0.747. The van der Waals surface area contributed by atoms with E-state index in [4.69, 9.17) is 4.74 Å². The highest BCUT2D eigenvalue weighted by atomic mass is 16.5. The van der Waals surface area contributed by atoms with Gasteiger partial charge in [-0.2, -0.15) is 0 Å². The summed E-state index contributed by atoms with van der Waals surface area (Å²) in [5.74, 6) is -0.0799. The Hall–Kier alpha value is -1.31. The fourth-order valence-corrected chi connectivity index (χ4v) is 2.62. The first kappa shape index (κ1) is 12.2. The zero-order chi connectivity index (χ0) is 12.7. The Morgan fingerprint density at radius 1 is 1.24 bits per heavy atom. The number of benzene rings is 1. The van der Waals surface area contributed by atoms with Gasteiger partial charge in [-0.05, 0) is 31.2 Å². The molecule has 1 aromatic carbocycles. The van der Waals surface area contributed by atoms with Gasteiger partial charge in [0.15, 0.2) is 0 Å². The molecule has 2 nitrogen and oxygen atoms in total. The standard InChI is InChI=1S/C15H20O2/c1-11(2)17-13(16)15(10-14(15,3)4)12-8-6-5-7-9-12/h5-9,11H,10H2,1-4H3. The van der Waals surface area contributed by atoms with Crippen LogP contribution in [0.5, 0.6) is 0 Å². The Balaban J connectivity index is 2.34. The lowest BCUT2D eigenvalue weighted by molar-refractivity contribution is -0.151. The molecule has 0 spiro atoms. The van der Waals surface area contributed by atoms with Gasteiger partial charge in [0.05, 0.1) is 11.5 Å². The molecule has 0 radical (unpaired) electrons. The maximum absolute atomic E-state index is 12.3. The van der Waals surface area contributed by atoms with Gasteiger partial charge in [-0.3, -0.25) is 4.79 Å². The van der Waals surface area contributed by atoms with Gasteiger partial charge in [-0.25, -0.2) is 0 Å². The molecule has 1 aromatic rings. The second-order valence-corrected chi connectivity index (χ2v) is 5.79. The maximum atomic E-state index is 12.3. The summed E-state index contributed by atoms with van der Waals surface area (Å²) in [6.45, 7) is 8.04. The van der Waals surface area contributed by atoms with Crippen molar-refractivity contribution in [3.63, 3.8) is 0 Å². The number of carbonyl (C=O) groups is 1. The lowest BCUT2D eigenvalue weighted by Crippen LogP contribution is -2.30. The largest absolute Gasteiger partial charge is 0.462 e. The van der Waals surface area contributed by atoms with E-state index < -0.39 is 5.41 Å². The number of carbonyl (C=O) groups excluding carboxylic acids is 1. The lowest BCUT2D eigenvalue weighted by Gasteiger charge is -2.21. The van der Waals surface area contributed by atoms with Gasteiger partial charge in [0.25, 0.3) is 0 Å². The van der Waals surface area contributed by atoms with E-state index in [0.717, 1.165) is 12.0 Å². The normalized spacial score (nSPS) is 25.7. The van der Waals surface area contributed by atoms with Gasteiger partial charge in [-0.1, -0.05) is 44.2 Å². The molecular formula is C15H20O2. The van der Waals surface area contributed by atoms with E-state index in [-0.39, 0.29) is 17.5 Å². The fourth-order valence-electron chi connectivity index (χ4n) is 2.62. The molecule has 0 N–H and O–H groups in total. The summed E-state index contributed by atoms with van der Waals surface area (Å²) >= 11 is 0. The Bertz CT molecular complexity index is 420. The van der Waals surface area contributed by atoms with E-state index in [1.165, 1.54) is 0 Å². The molecule has 17 heavy (non-hydrogen) atoms. The van der Waals surface area contributed by atoms with Gasteiger partial charge >= 0.3 is 5.97 Å². The molecule has 0 bridgehead atoms. The molecule has 0 heterocycles. The van der Waals surface area contributed by atoms with Crippen LogP contribution in [0.1, 0.15) is 39.7 Å². The van der Waals surface area contributed by atoms with Crippen molar-refractivity contribution in [2.24, 2.45) is 5.41 Å². The van der Waals surface area contributed by atoms with E-state index in [2.05, 4.69) is 13.8 Å². The van der Waals surface area contributed by atoms with Crippen molar-refractivity contribution in [1.82, 2.24) is 0 Å². The number of hydrogen-bond donors (Lipinski definition) is 0. The van der Waals surface area contributed by atoms with Crippen LogP contribution in [0.3, 0.4) is 0 Å². The van der Waals surface area contributed by atoms with Crippen LogP contribution < -0.4 is 0 Å². The minimum atomic E-state index is -0.432. The molecule has 1 aliphatic rings. The van der Waals surface area contributed by atoms with Crippen LogP contribution >= 0.6 is 0 Å². The summed E-state index contributed by atoms with van der Waals surface area (Å²) in [4.78, 5) is 12.3. The zero-order valence-electron chi connectivity index (χ0n) is 11.0. The molecule has 1 aliphatic carbocycles. The lowest BCUT2D eigenvalue weighted by atomic mass is 9.88. The summed E-state index contributed by atoms with van der Waals surface area (Å²) in [6, 6.07) is 9.98. The fraction of sp³-hybridized carbons (Fsp3) is 0.533. The van der Waals surface area contributed by atoms with Crippen molar-refractivity contribution >= 4 is 5.97 Å². The van der Waals surface area contributed by atoms with E-state index >= 15 is 0 Å². The summed E-state index contributed by atoms with van der Waals surface area (Å²) in [6.07, 6.45) is 0.815. The molecule has 0 saturated heterocycles. The first-order valence-electron chi connectivity index (χ1n) is 6.17. The molecule has 2 heteroatoms. The Labute approximate surface area is 103 Å². The van der Waals surface area contributed by atoms with Gasteiger partial charge in [-0.15, -0.1) is 0 Å². The minimum absolute atomic E-state index is 0.000324. The summed E-state index contributed by atoms with van der Waals surface area (Å²) < 4.78 is 5.43. The highest BCUT2D eigenvalue weighted by Crippen LogP contribution is 2.64. The Morgan fingerprint density at radius 3 is 2.18 bits per heavy atom. The van der Waals surface area contributed by atoms with Crippen molar-refractivity contribution in [2.75, 3.05) is 0 Å². The predicted molar refractivity (Wildman–Crippen MR) is 67.7 cm³/mol. The zero-order valence-corrected chi connectivity index (χ0v) is 11.0. The first-order chi connectivity index (χ1) is 7.90. The van der Waals surface area contributed by atoms with Crippen molar-refractivity contribution in [3.05, 3.63) is 35.9 Å². The second-order valence-electron chi connectivity index (χ2n) is 5.79. The first-order valence-corrected chi connectivity index (χ1v) is 6.17. The monoisotopic (exact) mass is 232 g/mol. The molecule has 1 atom stereocenters. The number of rotatable bonds is 3. The predicted octanol–water partition coefficient (Wildman–Crippen LogP) is 3.31. The van der Waals surface area contributed by atoms with E-state index in [1.807, 2.05) is 44.2 Å². The smallest absolute Gasteiger partial charge is 0.317 e. The van der Waals surface area contributed by atoms with Crippen LogP contribution in [0, 0.1) is 5.41 Å². The topological polar surface area (TPSA) is 26.3 Å².